The summed E-state index contributed by atoms with van der Waals surface area (Å²) in [6, 6.07) is 16.4. The molecule has 0 bridgehead atoms. The average Bonchev–Trinajstić information content (AvgIpc) is 3.37. The highest BCUT2D eigenvalue weighted by molar-refractivity contribution is 6.08. The lowest BCUT2D eigenvalue weighted by molar-refractivity contribution is -0.143. The van der Waals surface area contributed by atoms with Crippen LogP contribution in [0.4, 0.5) is 0 Å². The molecule has 0 heterocycles. The lowest BCUT2D eigenvalue weighted by Crippen LogP contribution is -2.27. The maximum atomic E-state index is 13.0. The minimum atomic E-state index is -0.752. The van der Waals surface area contributed by atoms with E-state index in [1.54, 1.807) is 150 Å². The topological polar surface area (TPSA) is 176 Å². The molecule has 0 amide bonds. The molecule has 0 saturated carbocycles. The van der Waals surface area contributed by atoms with E-state index in [9.17, 15) is 28.8 Å². The summed E-state index contributed by atoms with van der Waals surface area (Å²) in [5, 5.41) is 0. The Kier molecular flexibility index (Phi) is 23.0. The first-order valence-electron chi connectivity index (χ1n) is 26.2. The van der Waals surface area contributed by atoms with Gasteiger partial charge in [-0.05, 0) is 195 Å². The third kappa shape index (κ3) is 18.4. The summed E-state index contributed by atoms with van der Waals surface area (Å²) in [5.74, 6) is 0.473. The number of hydrogen-bond donors (Lipinski definition) is 0. The number of methoxy groups -OCH3 is 2. The number of ether oxygens (including phenoxy) is 8. The predicted octanol–water partition coefficient (Wildman–Crippen LogP) is 14.4. The van der Waals surface area contributed by atoms with Gasteiger partial charge in [-0.3, -0.25) is 28.8 Å². The second-order valence-corrected chi connectivity index (χ2v) is 23.1. The van der Waals surface area contributed by atoms with Crippen molar-refractivity contribution < 1.29 is 66.7 Å². The summed E-state index contributed by atoms with van der Waals surface area (Å²) >= 11 is 0. The summed E-state index contributed by atoms with van der Waals surface area (Å²) in [6.45, 7) is 35.3. The molecule has 0 saturated heterocycles. The van der Waals surface area contributed by atoms with E-state index >= 15 is 0 Å². The predicted molar refractivity (Wildman–Crippen MR) is 310 cm³/mol. The van der Waals surface area contributed by atoms with Gasteiger partial charge in [-0.1, -0.05) is 32.1 Å². The number of hydrogen-bond acceptors (Lipinski definition) is 14. The first-order valence-corrected chi connectivity index (χ1v) is 26.2. The van der Waals surface area contributed by atoms with Gasteiger partial charge in [0.25, 0.3) is 0 Å². The summed E-state index contributed by atoms with van der Waals surface area (Å²) in [5.41, 5.74) is 0.0167. The molecule has 4 rings (SSSR count). The minimum absolute atomic E-state index is 0.247. The van der Waals surface area contributed by atoms with E-state index in [1.165, 1.54) is 26.4 Å². The fraction of sp³-hybridized carbons (Fsp3) is 0.415. The third-order valence-corrected chi connectivity index (χ3v) is 11.6. The zero-order valence-corrected chi connectivity index (χ0v) is 49.9. The molecule has 0 unspecified atom stereocenters. The highest BCUT2D eigenvalue weighted by Crippen LogP contribution is 2.49. The van der Waals surface area contributed by atoms with E-state index in [2.05, 4.69) is 6.58 Å². The van der Waals surface area contributed by atoms with Gasteiger partial charge < -0.3 is 37.9 Å². The number of esters is 4. The fourth-order valence-corrected chi connectivity index (χ4v) is 6.65. The Hall–Kier alpha value is -7.74. The Balaban J connectivity index is 0.000000415. The highest BCUT2D eigenvalue weighted by Gasteiger charge is 2.34. The molecule has 0 aliphatic rings. The summed E-state index contributed by atoms with van der Waals surface area (Å²) < 4.78 is 45.7. The van der Waals surface area contributed by atoms with E-state index in [0.717, 1.165) is 0 Å². The van der Waals surface area contributed by atoms with Crippen LogP contribution in [0, 0.1) is 21.7 Å². The molecule has 0 aliphatic carbocycles. The first-order chi connectivity index (χ1) is 36.7. The molecule has 4 aromatic rings. The Morgan fingerprint density at radius 1 is 0.481 bits per heavy atom. The average molecular weight is 1090 g/mol. The molecule has 0 N–H and O–H groups in total. The second-order valence-electron chi connectivity index (χ2n) is 23.1. The SMILES string of the molecule is C=CC(C)(C)c1cc(C=CC(=O)c2ccc(OC(=O)C(C)(C)C)cc2)c(OCC)c(OC)c1OC(=O)C(C)(C)C.CC=CCc1cc(C=CC(=O)c2ccc(OC(=O)C(C)(C)C)cc2)c(OCC)c(OC)c1OC(=O)C(C)(C)C. The molecule has 426 valence electrons. The van der Waals surface area contributed by atoms with Crippen molar-refractivity contribution in [3.05, 3.63) is 131 Å². The van der Waals surface area contributed by atoms with E-state index in [-0.39, 0.29) is 40.8 Å². The zero-order chi connectivity index (χ0) is 59.8. The number of carbonyl (C=O) groups is 6. The molecule has 4 aromatic carbocycles. The Labute approximate surface area is 468 Å². The van der Waals surface area contributed by atoms with Crippen molar-refractivity contribution >= 4 is 47.6 Å². The normalized spacial score (nSPS) is 12.1. The molecular weight excluding hydrogens is 1000 g/mol. The fourth-order valence-electron chi connectivity index (χ4n) is 6.65. The number of benzene rings is 4. The van der Waals surface area contributed by atoms with Gasteiger partial charge in [0.2, 0.25) is 11.5 Å². The lowest BCUT2D eigenvalue weighted by atomic mass is 9.82. The molecule has 0 spiro atoms. The van der Waals surface area contributed by atoms with E-state index in [0.29, 0.717) is 81.8 Å². The van der Waals surface area contributed by atoms with Crippen molar-refractivity contribution in [2.24, 2.45) is 21.7 Å². The van der Waals surface area contributed by atoms with Crippen LogP contribution < -0.4 is 37.9 Å². The number of allylic oxidation sites excluding steroid dienone is 5. The van der Waals surface area contributed by atoms with Crippen LogP contribution in [-0.4, -0.2) is 62.9 Å². The van der Waals surface area contributed by atoms with Crippen LogP contribution in [0.25, 0.3) is 12.2 Å². The molecule has 0 aromatic heterocycles. The van der Waals surface area contributed by atoms with Crippen LogP contribution in [0.15, 0.2) is 97.6 Å². The van der Waals surface area contributed by atoms with Crippen molar-refractivity contribution in [2.45, 2.75) is 130 Å². The van der Waals surface area contributed by atoms with Crippen molar-refractivity contribution in [2.75, 3.05) is 27.4 Å². The monoisotopic (exact) mass is 1090 g/mol. The van der Waals surface area contributed by atoms with Crippen molar-refractivity contribution in [1.29, 1.82) is 0 Å². The number of rotatable bonds is 20. The van der Waals surface area contributed by atoms with Crippen LogP contribution in [0.5, 0.6) is 46.0 Å². The van der Waals surface area contributed by atoms with Gasteiger partial charge in [0.15, 0.2) is 34.6 Å². The number of ketones is 2. The van der Waals surface area contributed by atoms with Crippen LogP contribution >= 0.6 is 0 Å². The van der Waals surface area contributed by atoms with Gasteiger partial charge >= 0.3 is 23.9 Å². The first kappa shape index (κ1) is 65.5. The van der Waals surface area contributed by atoms with Gasteiger partial charge in [-0.2, -0.15) is 0 Å². The van der Waals surface area contributed by atoms with Crippen molar-refractivity contribution in [3.8, 4) is 46.0 Å². The quantitative estimate of drug-likeness (QED) is 0.0268. The van der Waals surface area contributed by atoms with Crippen molar-refractivity contribution in [3.63, 3.8) is 0 Å². The largest absolute Gasteiger partial charge is 0.490 e. The van der Waals surface area contributed by atoms with Crippen LogP contribution in [0.1, 0.15) is 161 Å². The molecule has 79 heavy (non-hydrogen) atoms. The lowest BCUT2D eigenvalue weighted by Gasteiger charge is -2.28. The molecule has 14 nitrogen and oxygen atoms in total. The molecule has 0 atom stereocenters. The molecule has 0 fully saturated rings. The Bertz CT molecular complexity index is 2920. The minimum Gasteiger partial charge on any atom is -0.490 e. The van der Waals surface area contributed by atoms with Gasteiger partial charge in [0.1, 0.15) is 11.5 Å². The van der Waals surface area contributed by atoms with Crippen LogP contribution in [0.2, 0.25) is 0 Å². The Morgan fingerprint density at radius 2 is 0.835 bits per heavy atom. The van der Waals surface area contributed by atoms with Crippen LogP contribution in [0.3, 0.4) is 0 Å². The van der Waals surface area contributed by atoms with Gasteiger partial charge in [0.05, 0.1) is 49.1 Å². The van der Waals surface area contributed by atoms with E-state index in [4.69, 9.17) is 37.9 Å². The van der Waals surface area contributed by atoms with E-state index < -0.39 is 39.0 Å². The summed E-state index contributed by atoms with van der Waals surface area (Å²) in [7, 11) is 2.96. The molecule has 0 aliphatic heterocycles. The smallest absolute Gasteiger partial charge is 0.316 e. The van der Waals surface area contributed by atoms with E-state index in [1.807, 2.05) is 58.9 Å². The molecule has 0 radical (unpaired) electrons. The second kappa shape index (κ2) is 27.7. The van der Waals surface area contributed by atoms with Gasteiger partial charge in [0, 0.05) is 38.8 Å². The Morgan fingerprint density at radius 3 is 1.18 bits per heavy atom. The van der Waals surface area contributed by atoms with Crippen LogP contribution in [-0.2, 0) is 31.0 Å². The number of carbonyl (C=O) groups excluding carboxylic acids is 6. The van der Waals surface area contributed by atoms with Crippen molar-refractivity contribution in [1.82, 2.24) is 0 Å². The summed E-state index contributed by atoms with van der Waals surface area (Å²) in [4.78, 5) is 75.9. The maximum Gasteiger partial charge on any atom is 0.316 e. The van der Waals surface area contributed by atoms with Gasteiger partial charge in [-0.15, -0.1) is 6.58 Å². The molecule has 14 heteroatoms. The maximum absolute atomic E-state index is 13.0. The third-order valence-electron chi connectivity index (χ3n) is 11.6. The highest BCUT2D eigenvalue weighted by atomic mass is 16.6. The summed E-state index contributed by atoms with van der Waals surface area (Å²) in [6.07, 6.45) is 12.2. The molecular formula is C65H82O14. The standard InChI is InChI=1S/C33H42O7.C32H40O7/c1-12-33(9,10)24-20-22(26(38-13-2)28(37-11)27(24)40-30(36)32(6,7)8)16-19-25(34)21-14-17-23(18-15-21)39-29(35)31(3,4)5;1-10-12-13-22-20-23(26(37-11-2)28(36-9)27(22)39-30(35)32(6,7)8)16-19-25(33)21-14-17-24(18-15-21)38-29(34)31(3,4)5/h12,14-20H,1,13H2,2-11H3;10,12,14-20H,11,13H2,1-9H3. The zero-order valence-electron chi connectivity index (χ0n) is 49.9. The van der Waals surface area contributed by atoms with Gasteiger partial charge in [-0.25, -0.2) is 0 Å².